The van der Waals surface area contributed by atoms with Gasteiger partial charge in [-0.05, 0) is 0 Å². The fourth-order valence-electron chi connectivity index (χ4n) is 0. The summed E-state index contributed by atoms with van der Waals surface area (Å²) in [5, 5.41) is 0. The van der Waals surface area contributed by atoms with Crippen LogP contribution in [0.15, 0.2) is 0 Å². The molecule has 0 bridgehead atoms. The summed E-state index contributed by atoms with van der Waals surface area (Å²) in [6, 6.07) is 0. The molecule has 11 nitrogen and oxygen atoms in total. The Morgan fingerprint density at radius 1 is 0.562 bits per heavy atom. The van der Waals surface area contributed by atoms with Gasteiger partial charge in [-0.1, -0.05) is 0 Å². The van der Waals surface area contributed by atoms with E-state index in [1.807, 2.05) is 0 Å². The number of hydrogen-bond acceptors (Lipinski definition) is 5. The minimum absolute atomic E-state index is 0. The van der Waals surface area contributed by atoms with Gasteiger partial charge in [0.15, 0.2) is 0 Å². The minimum atomic E-state index is -2.61. The third kappa shape index (κ3) is 814. The zero-order valence-electron chi connectivity index (χ0n) is 10.5. The van der Waals surface area contributed by atoms with Gasteiger partial charge in [0.05, 0.1) is 0 Å². The van der Waals surface area contributed by atoms with Gasteiger partial charge in [0, 0.05) is 0 Å². The van der Waals surface area contributed by atoms with Crippen molar-refractivity contribution in [3.8, 4) is 0 Å². The zero-order chi connectivity index (χ0) is 10.7. The maximum absolute atomic E-state index is 8.67. The molecule has 0 heterocycles. The van der Waals surface area contributed by atoms with E-state index in [1.54, 1.807) is 0 Å². The molecule has 0 spiro atoms. The summed E-state index contributed by atoms with van der Waals surface area (Å²) in [5.74, 6) is 0. The molecule has 0 aromatic heterocycles. The smallest absolute Gasteiger partial charge is 1.00 e. The molecule has 0 amide bonds. The maximum atomic E-state index is 8.67. The quantitative estimate of drug-likeness (QED) is 0.153. The molecule has 16 heavy (non-hydrogen) atoms. The van der Waals surface area contributed by atoms with Crippen LogP contribution in [0.3, 0.4) is 0 Å². The second-order valence-electron chi connectivity index (χ2n) is 0.692. The van der Waals surface area contributed by atoms with E-state index in [2.05, 4.69) is 0 Å². The molecule has 0 saturated heterocycles. The molecular weight excluding hydrogens is 314 g/mol. The van der Waals surface area contributed by atoms with Crippen LogP contribution in [0.2, 0.25) is 0 Å². The summed E-state index contributed by atoms with van der Waals surface area (Å²) in [5.41, 5.74) is 0. The van der Waals surface area contributed by atoms with Crippen molar-refractivity contribution in [2.75, 3.05) is 0 Å². The fraction of sp³-hybridized carbons (Fsp3) is 0. The number of rotatable bonds is 0. The standard InChI is InChI=1S/2H3N.2Na.3H2O3S.2H/c;;;;3*1-4(2)3;;/h2*1H3;;;3*(H2,1,2,3);;/q;;2*+1;;;;2*-1. The van der Waals surface area contributed by atoms with Crippen LogP contribution in [0.1, 0.15) is 2.85 Å². The predicted octanol–water partition coefficient (Wildman–Crippen LogP) is -6.40. The van der Waals surface area contributed by atoms with Gasteiger partial charge in [-0.25, -0.2) is 0 Å². The maximum Gasteiger partial charge on any atom is 1.00 e. The summed E-state index contributed by atoms with van der Waals surface area (Å²) >= 11 is -7.83. The van der Waals surface area contributed by atoms with Crippen LogP contribution in [-0.4, -0.2) is 39.9 Å². The van der Waals surface area contributed by atoms with Gasteiger partial charge in [0.2, 0.25) is 0 Å². The average molecular weight is 328 g/mol. The summed E-state index contributed by atoms with van der Waals surface area (Å²) in [6.45, 7) is 0. The van der Waals surface area contributed by atoms with Crippen LogP contribution < -0.4 is 71.4 Å². The van der Waals surface area contributed by atoms with E-state index < -0.39 is 34.1 Å². The van der Waals surface area contributed by atoms with E-state index in [0.29, 0.717) is 0 Å². The molecule has 0 fully saturated rings. The Labute approximate surface area is 147 Å². The van der Waals surface area contributed by atoms with Crippen molar-refractivity contribution in [2.45, 2.75) is 0 Å². The molecule has 0 aliphatic heterocycles. The first-order valence-electron chi connectivity index (χ1n) is 1.60. The average Bonchev–Trinajstić information content (AvgIpc) is 1.54. The largest absolute Gasteiger partial charge is 1.00 e. The molecule has 0 unspecified atom stereocenters. The van der Waals surface area contributed by atoms with Gasteiger partial charge in [-0.2, -0.15) is 12.6 Å². The van der Waals surface area contributed by atoms with Crippen LogP contribution in [-0.2, 0) is 34.1 Å². The predicted molar refractivity (Wildman–Crippen MR) is 52.5 cm³/mol. The number of hydrogen-bond donors (Lipinski definition) is 8. The molecule has 0 aromatic carbocycles. The normalized spacial score (nSPS) is 6.56. The van der Waals surface area contributed by atoms with Gasteiger partial charge >= 0.3 is 59.1 Å². The molecule has 0 saturated carbocycles. The van der Waals surface area contributed by atoms with E-state index in [1.165, 1.54) is 0 Å². The van der Waals surface area contributed by atoms with E-state index >= 15 is 0 Å². The third-order valence-corrected chi connectivity index (χ3v) is 0. The Morgan fingerprint density at radius 3 is 0.562 bits per heavy atom. The van der Waals surface area contributed by atoms with Crippen LogP contribution in [0.25, 0.3) is 0 Å². The molecule has 0 aliphatic carbocycles. The summed E-state index contributed by atoms with van der Waals surface area (Å²) in [6.07, 6.45) is 0. The van der Waals surface area contributed by atoms with Crippen LogP contribution in [0.5, 0.6) is 0 Å². The SMILES string of the molecule is N.N.O=S(O)O.O=S(O)O.O=S(O)O.[H-].[H-].[Na+].[Na+]. The second kappa shape index (κ2) is 36.0. The van der Waals surface area contributed by atoms with Crippen molar-refractivity contribution >= 4 is 34.1 Å². The molecule has 16 heteroatoms. The van der Waals surface area contributed by atoms with E-state index in [4.69, 9.17) is 39.9 Å². The van der Waals surface area contributed by atoms with Gasteiger partial charge < -0.3 is 15.2 Å². The van der Waals surface area contributed by atoms with Crippen molar-refractivity contribution in [2.24, 2.45) is 0 Å². The molecule has 0 radical (unpaired) electrons. The van der Waals surface area contributed by atoms with Gasteiger partial charge in [0.25, 0.3) is 34.1 Å². The Morgan fingerprint density at radius 2 is 0.562 bits per heavy atom. The Balaban J connectivity index is -0.00000000827. The van der Waals surface area contributed by atoms with Crippen LogP contribution >= 0.6 is 0 Å². The summed E-state index contributed by atoms with van der Waals surface area (Å²) in [4.78, 5) is 0. The van der Waals surface area contributed by atoms with Crippen molar-refractivity contribution in [1.82, 2.24) is 12.3 Å². The molecule has 0 atom stereocenters. The first-order valence-corrected chi connectivity index (χ1v) is 4.79. The first kappa shape index (κ1) is 42.9. The molecule has 0 aliphatic rings. The van der Waals surface area contributed by atoms with Crippen molar-refractivity contribution in [3.05, 3.63) is 0 Å². The topological polar surface area (TPSA) is 243 Å². The summed E-state index contributed by atoms with van der Waals surface area (Å²) < 4.78 is 68.5. The monoisotopic (exact) mass is 328 g/mol. The zero-order valence-corrected chi connectivity index (χ0v) is 15.0. The molecule has 0 aromatic rings. The third-order valence-electron chi connectivity index (χ3n) is 0. The van der Waals surface area contributed by atoms with E-state index in [9.17, 15) is 0 Å². The Hall–Kier alpha value is 2.13. The first-order chi connectivity index (χ1) is 5.20. The molecule has 12 N–H and O–H groups in total. The molecular formula is H14N2Na2O9S3. The van der Waals surface area contributed by atoms with Crippen LogP contribution in [0, 0.1) is 0 Å². The summed E-state index contributed by atoms with van der Waals surface area (Å²) in [7, 11) is 0. The van der Waals surface area contributed by atoms with Crippen LogP contribution in [0.4, 0.5) is 0 Å². The van der Waals surface area contributed by atoms with Gasteiger partial charge in [0.1, 0.15) is 0 Å². The van der Waals surface area contributed by atoms with Gasteiger partial charge in [-0.3, -0.25) is 27.3 Å². The van der Waals surface area contributed by atoms with Gasteiger partial charge in [-0.15, -0.1) is 0 Å². The molecule has 98 valence electrons. The fourth-order valence-corrected chi connectivity index (χ4v) is 0. The van der Waals surface area contributed by atoms with Crippen molar-refractivity contribution < 1.29 is 102 Å². The molecule has 0 rings (SSSR count). The minimum Gasteiger partial charge on any atom is -1.00 e. The van der Waals surface area contributed by atoms with Crippen molar-refractivity contribution in [1.29, 1.82) is 0 Å². The van der Waals surface area contributed by atoms with E-state index in [-0.39, 0.29) is 74.3 Å². The Bertz CT molecular complexity index is 133. The van der Waals surface area contributed by atoms with E-state index in [0.717, 1.165) is 0 Å². The van der Waals surface area contributed by atoms with Crippen molar-refractivity contribution in [3.63, 3.8) is 0 Å². The Kier molecular flexibility index (Phi) is 96.6. The second-order valence-corrected chi connectivity index (χ2v) is 2.08.